The number of nitrogens with one attached hydrogen (secondary N) is 1. The summed E-state index contributed by atoms with van der Waals surface area (Å²) in [5, 5.41) is 6.82. The lowest BCUT2D eigenvalue weighted by Crippen LogP contribution is -2.52. The van der Waals surface area contributed by atoms with E-state index >= 15 is 0 Å². The summed E-state index contributed by atoms with van der Waals surface area (Å²) in [6.07, 6.45) is 4.43. The van der Waals surface area contributed by atoms with Crippen LogP contribution in [0.3, 0.4) is 0 Å². The van der Waals surface area contributed by atoms with Gasteiger partial charge in [0.2, 0.25) is 5.91 Å². The molecule has 5 nitrogen and oxygen atoms in total. The molecule has 1 aliphatic carbocycles. The minimum absolute atomic E-state index is 0. The van der Waals surface area contributed by atoms with Crippen LogP contribution in [-0.4, -0.2) is 23.1 Å². The van der Waals surface area contributed by atoms with Crippen molar-refractivity contribution >= 4 is 18.3 Å². The zero-order chi connectivity index (χ0) is 13.2. The Kier molecular flexibility index (Phi) is 5.38. The molecule has 0 bridgehead atoms. The largest absolute Gasteiger partial charge is 0.361 e. The van der Waals surface area contributed by atoms with Gasteiger partial charge in [-0.1, -0.05) is 18.0 Å². The molecule has 1 heterocycles. The second-order valence-electron chi connectivity index (χ2n) is 5.17. The summed E-state index contributed by atoms with van der Waals surface area (Å²) in [7, 11) is 0. The fourth-order valence-electron chi connectivity index (χ4n) is 2.57. The summed E-state index contributed by atoms with van der Waals surface area (Å²) < 4.78 is 5.09. The van der Waals surface area contributed by atoms with Crippen LogP contribution in [0.25, 0.3) is 0 Å². The number of aryl methyl sites for hydroxylation is 2. The number of amides is 1. The number of carbonyl (C=O) groups excluding carboxylic acids is 1. The van der Waals surface area contributed by atoms with Crippen LogP contribution < -0.4 is 11.1 Å². The summed E-state index contributed by atoms with van der Waals surface area (Å²) in [6.45, 7) is 4.38. The van der Waals surface area contributed by atoms with Crippen molar-refractivity contribution in [1.29, 1.82) is 0 Å². The molecule has 1 aromatic rings. The van der Waals surface area contributed by atoms with Crippen molar-refractivity contribution in [2.75, 3.05) is 6.54 Å². The first-order chi connectivity index (χ1) is 8.53. The smallest absolute Gasteiger partial charge is 0.240 e. The maximum absolute atomic E-state index is 12.0. The third-order valence-corrected chi connectivity index (χ3v) is 3.79. The van der Waals surface area contributed by atoms with E-state index in [-0.39, 0.29) is 18.3 Å². The molecule has 0 spiro atoms. The molecule has 1 amide bonds. The van der Waals surface area contributed by atoms with Crippen molar-refractivity contribution < 1.29 is 9.32 Å². The lowest BCUT2D eigenvalue weighted by atomic mass is 9.98. The molecule has 3 N–H and O–H groups in total. The van der Waals surface area contributed by atoms with E-state index in [1.54, 1.807) is 0 Å². The molecule has 1 aromatic heterocycles. The van der Waals surface area contributed by atoms with Gasteiger partial charge in [0.25, 0.3) is 0 Å². The van der Waals surface area contributed by atoms with Crippen LogP contribution in [0, 0.1) is 13.8 Å². The lowest BCUT2D eigenvalue weighted by Gasteiger charge is -2.22. The number of rotatable bonds is 4. The highest BCUT2D eigenvalue weighted by Gasteiger charge is 2.36. The van der Waals surface area contributed by atoms with Crippen LogP contribution in [0.2, 0.25) is 0 Å². The first kappa shape index (κ1) is 16.0. The zero-order valence-electron chi connectivity index (χ0n) is 11.5. The van der Waals surface area contributed by atoms with Gasteiger partial charge in [-0.15, -0.1) is 12.4 Å². The average molecular weight is 288 g/mol. The van der Waals surface area contributed by atoms with Gasteiger partial charge >= 0.3 is 0 Å². The van der Waals surface area contributed by atoms with E-state index in [2.05, 4.69) is 10.5 Å². The number of halogens is 1. The van der Waals surface area contributed by atoms with E-state index in [1.165, 1.54) is 0 Å². The third-order valence-electron chi connectivity index (χ3n) is 3.79. The van der Waals surface area contributed by atoms with Gasteiger partial charge in [-0.3, -0.25) is 4.79 Å². The molecule has 2 rings (SSSR count). The van der Waals surface area contributed by atoms with Gasteiger partial charge in [0, 0.05) is 12.1 Å². The van der Waals surface area contributed by atoms with Crippen LogP contribution in [-0.2, 0) is 11.2 Å². The second kappa shape index (κ2) is 6.39. The van der Waals surface area contributed by atoms with Crippen molar-refractivity contribution in [3.05, 3.63) is 17.0 Å². The molecule has 1 aliphatic rings. The highest BCUT2D eigenvalue weighted by molar-refractivity contribution is 5.86. The van der Waals surface area contributed by atoms with Gasteiger partial charge in [0.05, 0.1) is 11.2 Å². The highest BCUT2D eigenvalue weighted by atomic mass is 35.5. The van der Waals surface area contributed by atoms with Gasteiger partial charge in [-0.25, -0.2) is 0 Å². The maximum Gasteiger partial charge on any atom is 0.240 e. The normalized spacial score (nSPS) is 17.0. The van der Waals surface area contributed by atoms with Crippen molar-refractivity contribution in [2.45, 2.75) is 51.5 Å². The first-order valence-corrected chi connectivity index (χ1v) is 6.52. The van der Waals surface area contributed by atoms with E-state index in [0.717, 1.165) is 49.1 Å². The van der Waals surface area contributed by atoms with E-state index < -0.39 is 5.54 Å². The van der Waals surface area contributed by atoms with E-state index in [4.69, 9.17) is 10.3 Å². The van der Waals surface area contributed by atoms with Crippen molar-refractivity contribution in [3.63, 3.8) is 0 Å². The monoisotopic (exact) mass is 287 g/mol. The summed E-state index contributed by atoms with van der Waals surface area (Å²) in [5.74, 6) is 0.803. The molecular weight excluding hydrogens is 266 g/mol. The minimum Gasteiger partial charge on any atom is -0.361 e. The van der Waals surface area contributed by atoms with Crippen LogP contribution in [0.4, 0.5) is 0 Å². The van der Waals surface area contributed by atoms with Gasteiger partial charge in [-0.2, -0.15) is 0 Å². The number of nitrogens with zero attached hydrogens (tertiary/aromatic N) is 1. The predicted molar refractivity (Wildman–Crippen MR) is 75.3 cm³/mol. The molecule has 19 heavy (non-hydrogen) atoms. The van der Waals surface area contributed by atoms with Crippen molar-refractivity contribution in [1.82, 2.24) is 10.5 Å². The molecule has 0 atom stereocenters. The number of hydrogen-bond acceptors (Lipinski definition) is 4. The van der Waals surface area contributed by atoms with Crippen LogP contribution in [0.5, 0.6) is 0 Å². The molecular formula is C13H22ClN3O2. The zero-order valence-corrected chi connectivity index (χ0v) is 12.3. The number of nitrogens with two attached hydrogens (primary N) is 1. The summed E-state index contributed by atoms with van der Waals surface area (Å²) in [6, 6.07) is 0. The van der Waals surface area contributed by atoms with Gasteiger partial charge in [-0.05, 0) is 33.1 Å². The minimum atomic E-state index is -0.640. The third kappa shape index (κ3) is 3.48. The molecule has 0 radical (unpaired) electrons. The maximum atomic E-state index is 12.0. The first-order valence-electron chi connectivity index (χ1n) is 6.52. The summed E-state index contributed by atoms with van der Waals surface area (Å²) in [4.78, 5) is 12.0. The quantitative estimate of drug-likeness (QED) is 0.882. The Morgan fingerprint density at radius 2 is 2.05 bits per heavy atom. The van der Waals surface area contributed by atoms with Crippen molar-refractivity contribution in [2.24, 2.45) is 5.73 Å². The number of carbonyl (C=O) groups is 1. The molecule has 6 heteroatoms. The van der Waals surface area contributed by atoms with Crippen LogP contribution in [0.1, 0.15) is 42.7 Å². The Labute approximate surface area is 119 Å². The Bertz CT molecular complexity index is 420. The molecule has 0 aliphatic heterocycles. The molecule has 1 fully saturated rings. The summed E-state index contributed by atoms with van der Waals surface area (Å²) >= 11 is 0. The van der Waals surface area contributed by atoms with E-state index in [0.29, 0.717) is 6.54 Å². The van der Waals surface area contributed by atoms with Crippen molar-refractivity contribution in [3.8, 4) is 0 Å². The van der Waals surface area contributed by atoms with Crippen LogP contribution >= 0.6 is 12.4 Å². The highest BCUT2D eigenvalue weighted by Crippen LogP contribution is 2.27. The standard InChI is InChI=1S/C13H21N3O2.ClH/c1-9-11(10(2)18-16-9)5-8-15-12(17)13(14)6-3-4-7-13;/h3-8,14H2,1-2H3,(H,15,17);1H. The van der Waals surface area contributed by atoms with E-state index in [1.807, 2.05) is 13.8 Å². The SMILES string of the molecule is Cc1noc(C)c1CCNC(=O)C1(N)CCCC1.Cl. The second-order valence-corrected chi connectivity index (χ2v) is 5.17. The Morgan fingerprint density at radius 3 is 2.58 bits per heavy atom. The molecule has 0 unspecified atom stereocenters. The molecule has 108 valence electrons. The fourth-order valence-corrected chi connectivity index (χ4v) is 2.57. The number of aromatic nitrogens is 1. The Morgan fingerprint density at radius 1 is 1.42 bits per heavy atom. The lowest BCUT2D eigenvalue weighted by molar-refractivity contribution is -0.126. The Hall–Kier alpha value is -1.07. The topological polar surface area (TPSA) is 81.2 Å². The molecule has 0 saturated heterocycles. The summed E-state index contributed by atoms with van der Waals surface area (Å²) in [5.41, 5.74) is 7.41. The molecule has 0 aromatic carbocycles. The van der Waals surface area contributed by atoms with Crippen LogP contribution in [0.15, 0.2) is 4.52 Å². The van der Waals surface area contributed by atoms with Gasteiger partial charge < -0.3 is 15.6 Å². The predicted octanol–water partition coefficient (Wildman–Crippen LogP) is 1.64. The Balaban J connectivity index is 0.00000180. The molecule has 1 saturated carbocycles. The van der Waals surface area contributed by atoms with E-state index in [9.17, 15) is 4.79 Å². The number of hydrogen-bond donors (Lipinski definition) is 2. The van der Waals surface area contributed by atoms with Gasteiger partial charge in [0.1, 0.15) is 5.76 Å². The fraction of sp³-hybridized carbons (Fsp3) is 0.692. The average Bonchev–Trinajstić information content (AvgIpc) is 2.90. The van der Waals surface area contributed by atoms with Gasteiger partial charge in [0.15, 0.2) is 0 Å².